The van der Waals surface area contributed by atoms with Gasteiger partial charge in [0.2, 0.25) is 5.16 Å². The second-order valence-electron chi connectivity index (χ2n) is 3.47. The number of rotatable bonds is 5. The van der Waals surface area contributed by atoms with Gasteiger partial charge in [0, 0.05) is 0 Å². The van der Waals surface area contributed by atoms with Gasteiger partial charge in [-0.15, -0.1) is 5.10 Å². The van der Waals surface area contributed by atoms with E-state index < -0.39 is 0 Å². The second kappa shape index (κ2) is 6.15. The van der Waals surface area contributed by atoms with Crippen molar-refractivity contribution in [2.75, 3.05) is 12.9 Å². The molecule has 1 aromatic heterocycles. The van der Waals surface area contributed by atoms with E-state index in [4.69, 9.17) is 0 Å². The van der Waals surface area contributed by atoms with Crippen LogP contribution in [0.15, 0.2) is 35.5 Å². The molecule has 0 fully saturated rings. The molecule has 0 bridgehead atoms. The summed E-state index contributed by atoms with van der Waals surface area (Å²) in [4.78, 5) is 11.1. The van der Waals surface area contributed by atoms with Crippen LogP contribution in [0.25, 0.3) is 0 Å². The molecule has 2 aromatic rings. The monoisotopic (exact) mass is 264 g/mol. The molecule has 0 saturated heterocycles. The van der Waals surface area contributed by atoms with Crippen molar-refractivity contribution in [3.63, 3.8) is 0 Å². The van der Waals surface area contributed by atoms with Crippen molar-refractivity contribution in [1.29, 1.82) is 0 Å². The molecule has 0 aliphatic rings. The predicted molar refractivity (Wildman–Crippen MR) is 66.1 cm³/mol. The molecule has 0 N–H and O–H groups in total. The number of methoxy groups -OCH3 is 1. The quantitative estimate of drug-likeness (QED) is 0.592. The number of carbonyl (C=O) groups excluding carboxylic acids is 1. The molecule has 0 spiro atoms. The van der Waals surface area contributed by atoms with Crippen LogP contribution in [-0.2, 0) is 16.1 Å². The highest BCUT2D eigenvalue weighted by molar-refractivity contribution is 7.99. The summed E-state index contributed by atoms with van der Waals surface area (Å²) in [6.07, 6.45) is 0. The van der Waals surface area contributed by atoms with Crippen molar-refractivity contribution in [1.82, 2.24) is 20.2 Å². The number of benzene rings is 1. The molecule has 0 atom stereocenters. The van der Waals surface area contributed by atoms with E-state index in [1.807, 2.05) is 30.3 Å². The lowest BCUT2D eigenvalue weighted by Gasteiger charge is -2.03. The first kappa shape index (κ1) is 12.6. The fourth-order valence-electron chi connectivity index (χ4n) is 1.34. The molecule has 1 aromatic carbocycles. The molecule has 0 unspecified atom stereocenters. The average Bonchev–Trinajstić information content (AvgIpc) is 2.84. The molecular weight excluding hydrogens is 252 g/mol. The molecule has 94 valence electrons. The lowest BCUT2D eigenvalue weighted by Crippen LogP contribution is -2.07. The molecule has 0 saturated carbocycles. The topological polar surface area (TPSA) is 69.9 Å². The van der Waals surface area contributed by atoms with Crippen LogP contribution in [0.4, 0.5) is 0 Å². The Kier molecular flexibility index (Phi) is 4.30. The largest absolute Gasteiger partial charge is 0.468 e. The van der Waals surface area contributed by atoms with Crippen molar-refractivity contribution >= 4 is 17.7 Å². The van der Waals surface area contributed by atoms with Gasteiger partial charge in [-0.05, 0) is 16.0 Å². The Morgan fingerprint density at radius 3 is 2.89 bits per heavy atom. The highest BCUT2D eigenvalue weighted by Gasteiger charge is 2.10. The summed E-state index contributed by atoms with van der Waals surface area (Å²) in [6, 6.07) is 9.87. The lowest BCUT2D eigenvalue weighted by molar-refractivity contribution is -0.137. The first-order valence-electron chi connectivity index (χ1n) is 5.29. The molecule has 0 amide bonds. The molecular formula is C11H12N4O2S. The zero-order chi connectivity index (χ0) is 12.8. The van der Waals surface area contributed by atoms with Gasteiger partial charge in [-0.3, -0.25) is 4.79 Å². The molecule has 1 heterocycles. The van der Waals surface area contributed by atoms with Crippen LogP contribution < -0.4 is 0 Å². The minimum atomic E-state index is -0.297. The number of tetrazole rings is 1. The van der Waals surface area contributed by atoms with Gasteiger partial charge in [0.25, 0.3) is 0 Å². The van der Waals surface area contributed by atoms with Crippen molar-refractivity contribution in [2.45, 2.75) is 11.7 Å². The van der Waals surface area contributed by atoms with E-state index in [1.54, 1.807) is 4.68 Å². The van der Waals surface area contributed by atoms with E-state index in [2.05, 4.69) is 20.3 Å². The second-order valence-corrected chi connectivity index (χ2v) is 4.41. The van der Waals surface area contributed by atoms with E-state index in [9.17, 15) is 4.79 Å². The SMILES string of the molecule is COC(=O)CSc1nnnn1Cc1ccccc1. The third-order valence-corrected chi connectivity index (χ3v) is 3.15. The van der Waals surface area contributed by atoms with Crippen LogP contribution in [-0.4, -0.2) is 39.0 Å². The van der Waals surface area contributed by atoms with Gasteiger partial charge in [0.1, 0.15) is 0 Å². The minimum absolute atomic E-state index is 0.200. The van der Waals surface area contributed by atoms with Crippen LogP contribution in [0.1, 0.15) is 5.56 Å². The highest BCUT2D eigenvalue weighted by Crippen LogP contribution is 2.14. The van der Waals surface area contributed by atoms with E-state index >= 15 is 0 Å². The van der Waals surface area contributed by atoms with Gasteiger partial charge in [0.05, 0.1) is 19.4 Å². The zero-order valence-corrected chi connectivity index (χ0v) is 10.6. The van der Waals surface area contributed by atoms with E-state index in [1.165, 1.54) is 18.9 Å². The van der Waals surface area contributed by atoms with Gasteiger partial charge >= 0.3 is 5.97 Å². The third-order valence-electron chi connectivity index (χ3n) is 2.22. The smallest absolute Gasteiger partial charge is 0.316 e. The Labute approximate surface area is 108 Å². The fourth-order valence-corrected chi connectivity index (χ4v) is 2.05. The van der Waals surface area contributed by atoms with Crippen LogP contribution in [0.2, 0.25) is 0 Å². The Bertz CT molecular complexity index is 515. The van der Waals surface area contributed by atoms with Gasteiger partial charge < -0.3 is 4.74 Å². The minimum Gasteiger partial charge on any atom is -0.468 e. The first-order valence-corrected chi connectivity index (χ1v) is 6.28. The molecule has 6 nitrogen and oxygen atoms in total. The summed E-state index contributed by atoms with van der Waals surface area (Å²) in [7, 11) is 1.36. The first-order chi connectivity index (χ1) is 8.79. The number of hydrogen-bond donors (Lipinski definition) is 0. The number of carbonyl (C=O) groups is 1. The van der Waals surface area contributed by atoms with Crippen molar-refractivity contribution in [3.8, 4) is 0 Å². The van der Waals surface area contributed by atoms with E-state index in [0.717, 1.165) is 5.56 Å². The Morgan fingerprint density at radius 1 is 1.39 bits per heavy atom. The van der Waals surface area contributed by atoms with Crippen molar-refractivity contribution < 1.29 is 9.53 Å². The number of hydrogen-bond acceptors (Lipinski definition) is 6. The molecule has 2 rings (SSSR count). The Morgan fingerprint density at radius 2 is 2.17 bits per heavy atom. The average molecular weight is 264 g/mol. The Balaban J connectivity index is 2.02. The van der Waals surface area contributed by atoms with Crippen LogP contribution in [0.3, 0.4) is 0 Å². The molecule has 0 radical (unpaired) electrons. The maximum atomic E-state index is 11.1. The van der Waals surface area contributed by atoms with Crippen LogP contribution in [0, 0.1) is 0 Å². The standard InChI is InChI=1S/C11H12N4O2S/c1-17-10(16)8-18-11-12-13-14-15(11)7-9-5-3-2-4-6-9/h2-6H,7-8H2,1H3. The van der Waals surface area contributed by atoms with Crippen molar-refractivity contribution in [3.05, 3.63) is 35.9 Å². The van der Waals surface area contributed by atoms with Crippen LogP contribution >= 0.6 is 11.8 Å². The molecule has 18 heavy (non-hydrogen) atoms. The Hall–Kier alpha value is -1.89. The number of nitrogens with zero attached hydrogens (tertiary/aromatic N) is 4. The summed E-state index contributed by atoms with van der Waals surface area (Å²) < 4.78 is 6.22. The molecule has 0 aliphatic heterocycles. The number of ether oxygens (including phenoxy) is 1. The van der Waals surface area contributed by atoms with E-state index in [0.29, 0.717) is 11.7 Å². The number of esters is 1. The molecule has 7 heteroatoms. The fraction of sp³-hybridized carbons (Fsp3) is 0.273. The van der Waals surface area contributed by atoms with Crippen LogP contribution in [0.5, 0.6) is 0 Å². The highest BCUT2D eigenvalue weighted by atomic mass is 32.2. The number of aromatic nitrogens is 4. The number of thioether (sulfide) groups is 1. The van der Waals surface area contributed by atoms with Gasteiger partial charge in [0.15, 0.2) is 0 Å². The summed E-state index contributed by atoms with van der Waals surface area (Å²) >= 11 is 1.26. The zero-order valence-electron chi connectivity index (χ0n) is 9.81. The van der Waals surface area contributed by atoms with E-state index in [-0.39, 0.29) is 11.7 Å². The summed E-state index contributed by atoms with van der Waals surface area (Å²) in [6.45, 7) is 0.581. The third kappa shape index (κ3) is 3.30. The summed E-state index contributed by atoms with van der Waals surface area (Å²) in [5.41, 5.74) is 1.10. The van der Waals surface area contributed by atoms with Crippen molar-refractivity contribution in [2.24, 2.45) is 0 Å². The van der Waals surface area contributed by atoms with Gasteiger partial charge in [-0.2, -0.15) is 0 Å². The summed E-state index contributed by atoms with van der Waals surface area (Å²) in [5, 5.41) is 12.0. The molecule has 0 aliphatic carbocycles. The van der Waals surface area contributed by atoms with Gasteiger partial charge in [-0.25, -0.2) is 4.68 Å². The maximum absolute atomic E-state index is 11.1. The maximum Gasteiger partial charge on any atom is 0.316 e. The summed E-state index contributed by atoms with van der Waals surface area (Å²) in [5.74, 6) is -0.0969. The van der Waals surface area contributed by atoms with Gasteiger partial charge in [-0.1, -0.05) is 42.1 Å². The predicted octanol–water partition coefficient (Wildman–Crippen LogP) is 0.986. The normalized spacial score (nSPS) is 10.3. The lowest BCUT2D eigenvalue weighted by atomic mass is 10.2.